The third-order valence-electron chi connectivity index (χ3n) is 1.67. The highest BCUT2D eigenvalue weighted by Crippen LogP contribution is 2.33. The lowest BCUT2D eigenvalue weighted by atomic mass is 10.1. The minimum absolute atomic E-state index is 0.429. The van der Waals surface area contributed by atoms with Crippen molar-refractivity contribution in [2.24, 2.45) is 0 Å². The molecule has 0 fully saturated rings. The Labute approximate surface area is 87.4 Å². The molecule has 0 bridgehead atoms. The molecular weight excluding hydrogens is 253 g/mol. The first kappa shape index (κ1) is 8.84. The third kappa shape index (κ3) is 1.64. The van der Waals surface area contributed by atoms with Gasteiger partial charge in [0.1, 0.15) is 0 Å². The zero-order valence-corrected chi connectivity index (χ0v) is 8.90. The molecule has 0 aromatic carbocycles. The molecule has 0 aliphatic carbocycles. The largest absolute Gasteiger partial charge is 0.228 e. The number of thiophene rings is 1. The van der Waals surface area contributed by atoms with E-state index in [1.54, 1.807) is 12.1 Å². The quantitative estimate of drug-likeness (QED) is 0.710. The van der Waals surface area contributed by atoms with E-state index in [1.807, 2.05) is 11.4 Å². The van der Waals surface area contributed by atoms with Crippen molar-refractivity contribution >= 4 is 27.3 Å². The van der Waals surface area contributed by atoms with Gasteiger partial charge in [-0.2, -0.15) is 4.39 Å². The molecule has 0 amide bonds. The zero-order valence-electron chi connectivity index (χ0n) is 6.50. The van der Waals surface area contributed by atoms with Gasteiger partial charge in [0, 0.05) is 17.3 Å². The highest BCUT2D eigenvalue weighted by atomic mass is 79.9. The van der Waals surface area contributed by atoms with Crippen LogP contribution in [-0.4, -0.2) is 4.98 Å². The fourth-order valence-electron chi connectivity index (χ4n) is 1.07. The number of pyridine rings is 1. The Morgan fingerprint density at radius 1 is 1.31 bits per heavy atom. The molecular formula is C9H5BrFNS. The summed E-state index contributed by atoms with van der Waals surface area (Å²) in [4.78, 5) is 3.59. The fraction of sp³-hybridized carbons (Fsp3) is 0. The summed E-state index contributed by atoms with van der Waals surface area (Å²) in [5.74, 6) is -0.429. The number of hydrogen-bond acceptors (Lipinski definition) is 2. The van der Waals surface area contributed by atoms with Crippen LogP contribution in [-0.2, 0) is 0 Å². The first-order valence-corrected chi connectivity index (χ1v) is 5.30. The van der Waals surface area contributed by atoms with Gasteiger partial charge in [-0.3, -0.25) is 0 Å². The Balaban J connectivity index is 2.59. The van der Waals surface area contributed by atoms with Gasteiger partial charge in [-0.05, 0) is 39.5 Å². The summed E-state index contributed by atoms with van der Waals surface area (Å²) in [6, 6.07) is 5.31. The molecule has 66 valence electrons. The van der Waals surface area contributed by atoms with Crippen molar-refractivity contribution in [1.82, 2.24) is 4.98 Å². The monoisotopic (exact) mass is 257 g/mol. The Bertz CT molecular complexity index is 427. The Morgan fingerprint density at radius 3 is 2.77 bits per heavy atom. The maximum atomic E-state index is 13.2. The van der Waals surface area contributed by atoms with Gasteiger partial charge in [0.05, 0.1) is 3.79 Å². The second kappa shape index (κ2) is 3.55. The molecule has 4 heteroatoms. The highest BCUT2D eigenvalue weighted by Gasteiger charge is 2.08. The lowest BCUT2D eigenvalue weighted by Crippen LogP contribution is -1.85. The van der Waals surface area contributed by atoms with Crippen LogP contribution in [0.5, 0.6) is 0 Å². The first-order chi connectivity index (χ1) is 6.29. The smallest absolute Gasteiger partial charge is 0.220 e. The summed E-state index contributed by atoms with van der Waals surface area (Å²) in [7, 11) is 0. The molecule has 2 rings (SSSR count). The fourth-order valence-corrected chi connectivity index (χ4v) is 2.37. The van der Waals surface area contributed by atoms with Gasteiger partial charge in [0.25, 0.3) is 0 Å². The van der Waals surface area contributed by atoms with Gasteiger partial charge >= 0.3 is 0 Å². The van der Waals surface area contributed by atoms with Crippen LogP contribution in [0.1, 0.15) is 0 Å². The molecule has 0 spiro atoms. The zero-order chi connectivity index (χ0) is 9.26. The van der Waals surface area contributed by atoms with Crippen LogP contribution in [0.4, 0.5) is 4.39 Å². The predicted octanol–water partition coefficient (Wildman–Crippen LogP) is 3.71. The molecule has 0 aliphatic rings. The molecule has 0 aliphatic heterocycles. The first-order valence-electron chi connectivity index (χ1n) is 3.63. The summed E-state index contributed by atoms with van der Waals surface area (Å²) in [5, 5.41) is 1.91. The van der Waals surface area contributed by atoms with E-state index in [-0.39, 0.29) is 0 Å². The van der Waals surface area contributed by atoms with Crippen molar-refractivity contribution in [1.29, 1.82) is 0 Å². The molecule has 0 saturated heterocycles. The average molecular weight is 258 g/mol. The molecule has 2 aromatic rings. The Kier molecular flexibility index (Phi) is 2.42. The van der Waals surface area contributed by atoms with E-state index in [9.17, 15) is 4.39 Å². The van der Waals surface area contributed by atoms with E-state index in [0.29, 0.717) is 5.56 Å². The number of nitrogens with zero attached hydrogens (tertiary/aromatic N) is 1. The molecule has 0 saturated carbocycles. The summed E-state index contributed by atoms with van der Waals surface area (Å²) in [6.07, 6.45) is 1.44. The number of rotatable bonds is 1. The van der Waals surface area contributed by atoms with E-state index in [1.165, 1.54) is 17.5 Å². The van der Waals surface area contributed by atoms with Gasteiger partial charge in [-0.1, -0.05) is 0 Å². The second-order valence-corrected chi connectivity index (χ2v) is 4.68. The Hall–Kier alpha value is -0.740. The van der Waals surface area contributed by atoms with Gasteiger partial charge in [-0.25, -0.2) is 4.98 Å². The minimum atomic E-state index is -0.429. The van der Waals surface area contributed by atoms with Crippen LogP contribution in [0, 0.1) is 5.95 Å². The summed E-state index contributed by atoms with van der Waals surface area (Å²) < 4.78 is 14.1. The average Bonchev–Trinajstić information content (AvgIpc) is 2.52. The van der Waals surface area contributed by atoms with Crippen LogP contribution in [0.15, 0.2) is 33.6 Å². The van der Waals surface area contributed by atoms with Crippen molar-refractivity contribution < 1.29 is 4.39 Å². The molecule has 0 unspecified atom stereocenters. The SMILES string of the molecule is Fc1ncccc1-c1ccsc1Br. The molecule has 0 radical (unpaired) electrons. The molecule has 0 atom stereocenters. The maximum Gasteiger partial charge on any atom is 0.220 e. The maximum absolute atomic E-state index is 13.2. The van der Waals surface area contributed by atoms with Crippen LogP contribution in [0.3, 0.4) is 0 Å². The van der Waals surface area contributed by atoms with Crippen LogP contribution < -0.4 is 0 Å². The molecule has 2 aromatic heterocycles. The van der Waals surface area contributed by atoms with E-state index in [0.717, 1.165) is 9.35 Å². The number of aromatic nitrogens is 1. The number of hydrogen-bond donors (Lipinski definition) is 0. The normalized spacial score (nSPS) is 10.3. The van der Waals surface area contributed by atoms with Crippen molar-refractivity contribution in [2.75, 3.05) is 0 Å². The van der Waals surface area contributed by atoms with Gasteiger partial charge in [0.15, 0.2) is 0 Å². The van der Waals surface area contributed by atoms with Crippen molar-refractivity contribution in [3.05, 3.63) is 39.5 Å². The van der Waals surface area contributed by atoms with E-state index < -0.39 is 5.95 Å². The lowest BCUT2D eigenvalue weighted by molar-refractivity contribution is 0.587. The van der Waals surface area contributed by atoms with Crippen LogP contribution in [0.2, 0.25) is 0 Å². The number of halogens is 2. The minimum Gasteiger partial charge on any atom is -0.228 e. The second-order valence-electron chi connectivity index (χ2n) is 2.45. The molecule has 13 heavy (non-hydrogen) atoms. The summed E-state index contributed by atoms with van der Waals surface area (Å²) in [6.45, 7) is 0. The van der Waals surface area contributed by atoms with Crippen LogP contribution >= 0.6 is 27.3 Å². The van der Waals surface area contributed by atoms with E-state index in [2.05, 4.69) is 20.9 Å². The lowest BCUT2D eigenvalue weighted by Gasteiger charge is -1.98. The Morgan fingerprint density at radius 2 is 2.15 bits per heavy atom. The van der Waals surface area contributed by atoms with Gasteiger partial charge < -0.3 is 0 Å². The van der Waals surface area contributed by atoms with Crippen molar-refractivity contribution in [3.63, 3.8) is 0 Å². The van der Waals surface area contributed by atoms with Crippen LogP contribution in [0.25, 0.3) is 11.1 Å². The molecule has 1 nitrogen and oxygen atoms in total. The predicted molar refractivity (Wildman–Crippen MR) is 55.2 cm³/mol. The van der Waals surface area contributed by atoms with Crippen molar-refractivity contribution in [2.45, 2.75) is 0 Å². The topological polar surface area (TPSA) is 12.9 Å². The standard InChI is InChI=1S/C9H5BrFNS/c10-8-6(3-5-13-8)7-2-1-4-12-9(7)11/h1-5H. The molecule has 2 heterocycles. The van der Waals surface area contributed by atoms with E-state index >= 15 is 0 Å². The third-order valence-corrected chi connectivity index (χ3v) is 3.35. The molecule has 0 N–H and O–H groups in total. The van der Waals surface area contributed by atoms with Crippen molar-refractivity contribution in [3.8, 4) is 11.1 Å². The highest BCUT2D eigenvalue weighted by molar-refractivity contribution is 9.11. The van der Waals surface area contributed by atoms with Gasteiger partial charge in [0.2, 0.25) is 5.95 Å². The summed E-state index contributed by atoms with van der Waals surface area (Å²) >= 11 is 4.89. The van der Waals surface area contributed by atoms with E-state index in [4.69, 9.17) is 0 Å². The summed E-state index contributed by atoms with van der Waals surface area (Å²) in [5.41, 5.74) is 1.39. The van der Waals surface area contributed by atoms with Gasteiger partial charge in [-0.15, -0.1) is 11.3 Å².